The highest BCUT2D eigenvalue weighted by Crippen LogP contribution is 2.29. The second-order valence-corrected chi connectivity index (χ2v) is 7.24. The summed E-state index contributed by atoms with van der Waals surface area (Å²) < 4.78 is 5.10. The summed E-state index contributed by atoms with van der Waals surface area (Å²) in [5.41, 5.74) is 1.90. The SMILES string of the molecule is C=CC(=O)Cc1cc(Cl)ccc1Nc1nc(Nc2cc(Cl)nc(OC)c2)ncc1Cl. The van der Waals surface area contributed by atoms with Crippen molar-refractivity contribution in [2.45, 2.75) is 6.42 Å². The van der Waals surface area contributed by atoms with Crippen molar-refractivity contribution in [3.8, 4) is 5.88 Å². The molecule has 0 spiro atoms. The first-order valence-corrected chi connectivity index (χ1v) is 9.73. The predicted molar refractivity (Wildman–Crippen MR) is 120 cm³/mol. The van der Waals surface area contributed by atoms with E-state index in [-0.39, 0.29) is 23.3 Å². The van der Waals surface area contributed by atoms with Crippen molar-refractivity contribution < 1.29 is 9.53 Å². The molecular weight excluding hydrogens is 449 g/mol. The first kappa shape index (κ1) is 21.8. The third-order valence-electron chi connectivity index (χ3n) is 3.89. The number of pyridine rings is 1. The largest absolute Gasteiger partial charge is 0.481 e. The molecule has 30 heavy (non-hydrogen) atoms. The van der Waals surface area contributed by atoms with Gasteiger partial charge in [-0.25, -0.2) is 9.97 Å². The molecule has 3 aromatic rings. The van der Waals surface area contributed by atoms with Crippen LogP contribution < -0.4 is 15.4 Å². The van der Waals surface area contributed by atoms with E-state index in [1.807, 2.05) is 0 Å². The number of carbonyl (C=O) groups excluding carboxylic acids is 1. The highest BCUT2D eigenvalue weighted by Gasteiger charge is 2.12. The second-order valence-electron chi connectivity index (χ2n) is 6.01. The second kappa shape index (κ2) is 9.75. The standard InChI is InChI=1S/C20H16Cl3N5O2/c1-3-14(29)7-11-6-12(21)4-5-16(11)26-19-15(22)10-24-20(28-19)25-13-8-17(23)27-18(9-13)30-2/h3-6,8-10H,1,7H2,2H3,(H2,24,25,26,27,28). The van der Waals surface area contributed by atoms with Crippen LogP contribution in [0.4, 0.5) is 23.1 Å². The predicted octanol–water partition coefficient (Wildman–Crippen LogP) is 5.63. The molecule has 0 amide bonds. The lowest BCUT2D eigenvalue weighted by Gasteiger charge is -2.14. The summed E-state index contributed by atoms with van der Waals surface area (Å²) in [7, 11) is 1.49. The fourth-order valence-corrected chi connectivity index (χ4v) is 3.05. The topological polar surface area (TPSA) is 89.0 Å². The normalized spacial score (nSPS) is 10.4. The van der Waals surface area contributed by atoms with Crippen molar-refractivity contribution in [2.75, 3.05) is 17.7 Å². The Morgan fingerprint density at radius 3 is 2.70 bits per heavy atom. The summed E-state index contributed by atoms with van der Waals surface area (Å²) in [4.78, 5) is 24.4. The third kappa shape index (κ3) is 5.60. The summed E-state index contributed by atoms with van der Waals surface area (Å²) in [5, 5.41) is 7.20. The van der Waals surface area contributed by atoms with Crippen LogP contribution in [0.15, 0.2) is 49.2 Å². The molecule has 0 unspecified atom stereocenters. The number of anilines is 4. The zero-order chi connectivity index (χ0) is 21.7. The van der Waals surface area contributed by atoms with Gasteiger partial charge in [-0.05, 0) is 35.9 Å². The zero-order valence-electron chi connectivity index (χ0n) is 15.7. The van der Waals surface area contributed by atoms with Crippen LogP contribution in [-0.4, -0.2) is 27.8 Å². The van der Waals surface area contributed by atoms with Gasteiger partial charge < -0.3 is 15.4 Å². The Kier molecular flexibility index (Phi) is 7.10. The molecule has 0 aliphatic heterocycles. The van der Waals surface area contributed by atoms with Crippen molar-refractivity contribution in [2.24, 2.45) is 0 Å². The molecule has 7 nitrogen and oxygen atoms in total. The maximum absolute atomic E-state index is 11.8. The first-order valence-electron chi connectivity index (χ1n) is 8.60. The van der Waals surface area contributed by atoms with E-state index in [4.69, 9.17) is 39.5 Å². The molecule has 0 saturated heterocycles. The van der Waals surface area contributed by atoms with E-state index < -0.39 is 0 Å². The number of carbonyl (C=O) groups is 1. The van der Waals surface area contributed by atoms with Gasteiger partial charge in [0.25, 0.3) is 0 Å². The first-order chi connectivity index (χ1) is 14.4. The van der Waals surface area contributed by atoms with Gasteiger partial charge in [0, 0.05) is 28.9 Å². The number of aromatic nitrogens is 3. The third-order valence-corrected chi connectivity index (χ3v) is 4.60. The lowest BCUT2D eigenvalue weighted by molar-refractivity contribution is -0.114. The van der Waals surface area contributed by atoms with Gasteiger partial charge in [-0.15, -0.1) is 0 Å². The van der Waals surface area contributed by atoms with Crippen LogP contribution in [0, 0.1) is 0 Å². The van der Waals surface area contributed by atoms with Crippen LogP contribution >= 0.6 is 34.8 Å². The Hall–Kier alpha value is -2.87. The van der Waals surface area contributed by atoms with Gasteiger partial charge >= 0.3 is 0 Å². The Balaban J connectivity index is 1.89. The highest BCUT2D eigenvalue weighted by molar-refractivity contribution is 6.33. The van der Waals surface area contributed by atoms with Crippen LogP contribution in [-0.2, 0) is 11.2 Å². The molecule has 0 saturated carbocycles. The van der Waals surface area contributed by atoms with Crippen LogP contribution in [0.5, 0.6) is 5.88 Å². The molecule has 10 heteroatoms. The summed E-state index contributed by atoms with van der Waals surface area (Å²) in [6, 6.07) is 8.39. The molecular formula is C20H16Cl3N5O2. The average molecular weight is 465 g/mol. The Morgan fingerprint density at radius 1 is 1.17 bits per heavy atom. The fourth-order valence-electron chi connectivity index (χ4n) is 2.51. The number of allylic oxidation sites excluding steroid dienone is 1. The number of methoxy groups -OCH3 is 1. The minimum absolute atomic E-state index is 0.134. The fraction of sp³-hybridized carbons (Fsp3) is 0.100. The molecule has 2 heterocycles. The number of hydrogen-bond donors (Lipinski definition) is 2. The van der Waals surface area contributed by atoms with Gasteiger partial charge in [-0.3, -0.25) is 4.79 Å². The van der Waals surface area contributed by atoms with Gasteiger partial charge in [0.15, 0.2) is 11.6 Å². The van der Waals surface area contributed by atoms with Crippen LogP contribution in [0.1, 0.15) is 5.56 Å². The number of benzene rings is 1. The number of nitrogens with zero attached hydrogens (tertiary/aromatic N) is 3. The maximum atomic E-state index is 11.8. The number of hydrogen-bond acceptors (Lipinski definition) is 7. The minimum atomic E-state index is -0.139. The molecule has 0 radical (unpaired) electrons. The van der Waals surface area contributed by atoms with E-state index in [0.717, 1.165) is 0 Å². The van der Waals surface area contributed by atoms with Crippen molar-refractivity contribution in [3.05, 3.63) is 69.9 Å². The summed E-state index contributed by atoms with van der Waals surface area (Å²) >= 11 is 18.3. The Bertz CT molecular complexity index is 1110. The van der Waals surface area contributed by atoms with Crippen molar-refractivity contribution in [1.82, 2.24) is 15.0 Å². The van der Waals surface area contributed by atoms with E-state index >= 15 is 0 Å². The van der Waals surface area contributed by atoms with Gasteiger partial charge in [0.05, 0.1) is 13.3 Å². The smallest absolute Gasteiger partial charge is 0.229 e. The molecule has 154 valence electrons. The van der Waals surface area contributed by atoms with Gasteiger partial charge in [-0.1, -0.05) is 41.4 Å². The molecule has 3 rings (SSSR count). The monoisotopic (exact) mass is 463 g/mol. The van der Waals surface area contributed by atoms with Crippen LogP contribution in [0.3, 0.4) is 0 Å². The molecule has 2 N–H and O–H groups in total. The summed E-state index contributed by atoms with van der Waals surface area (Å²) in [6.07, 6.45) is 2.84. The zero-order valence-corrected chi connectivity index (χ0v) is 18.0. The maximum Gasteiger partial charge on any atom is 0.229 e. The van der Waals surface area contributed by atoms with E-state index in [2.05, 4.69) is 32.2 Å². The van der Waals surface area contributed by atoms with Gasteiger partial charge in [0.1, 0.15) is 10.2 Å². The lowest BCUT2D eigenvalue weighted by atomic mass is 10.1. The molecule has 0 bridgehead atoms. The molecule has 0 aliphatic rings. The molecule has 0 atom stereocenters. The van der Waals surface area contributed by atoms with Gasteiger partial charge in [-0.2, -0.15) is 4.98 Å². The summed E-state index contributed by atoms with van der Waals surface area (Å²) in [6.45, 7) is 3.50. The molecule has 2 aromatic heterocycles. The van der Waals surface area contributed by atoms with E-state index in [1.54, 1.807) is 30.3 Å². The quantitative estimate of drug-likeness (QED) is 0.330. The molecule has 0 aliphatic carbocycles. The van der Waals surface area contributed by atoms with E-state index in [9.17, 15) is 4.79 Å². The van der Waals surface area contributed by atoms with Crippen molar-refractivity contribution in [3.63, 3.8) is 0 Å². The van der Waals surface area contributed by atoms with Crippen LogP contribution in [0.2, 0.25) is 15.2 Å². The van der Waals surface area contributed by atoms with Crippen molar-refractivity contribution >= 4 is 63.7 Å². The van der Waals surface area contributed by atoms with Gasteiger partial charge in [0.2, 0.25) is 11.8 Å². The minimum Gasteiger partial charge on any atom is -0.481 e. The number of nitrogens with one attached hydrogen (secondary N) is 2. The molecule has 0 fully saturated rings. The molecule has 1 aromatic carbocycles. The lowest BCUT2D eigenvalue weighted by Crippen LogP contribution is -2.05. The summed E-state index contributed by atoms with van der Waals surface area (Å²) in [5.74, 6) is 0.815. The number of halogens is 3. The Labute approximate surface area is 188 Å². The number of ketones is 1. The van der Waals surface area contributed by atoms with E-state index in [1.165, 1.54) is 19.4 Å². The van der Waals surface area contributed by atoms with Crippen molar-refractivity contribution in [1.29, 1.82) is 0 Å². The number of ether oxygens (including phenoxy) is 1. The average Bonchev–Trinajstić information content (AvgIpc) is 2.71. The van der Waals surface area contributed by atoms with E-state index in [0.29, 0.717) is 38.7 Å². The highest BCUT2D eigenvalue weighted by atomic mass is 35.5. The Morgan fingerprint density at radius 2 is 1.97 bits per heavy atom. The van der Waals surface area contributed by atoms with Crippen LogP contribution in [0.25, 0.3) is 0 Å². The number of rotatable bonds is 8.